The fourth-order valence-corrected chi connectivity index (χ4v) is 7.95. The summed E-state index contributed by atoms with van der Waals surface area (Å²) in [5, 5.41) is 11.7. The van der Waals surface area contributed by atoms with Crippen LogP contribution in [0.15, 0.2) is 28.8 Å². The second-order valence-electron chi connectivity index (χ2n) is 11.4. The molecule has 172 valence electrons. The van der Waals surface area contributed by atoms with Gasteiger partial charge < -0.3 is 5.11 Å². The van der Waals surface area contributed by atoms with Crippen molar-refractivity contribution in [3.63, 3.8) is 0 Å². The standard InChI is InChI=1S/C27H35NO4/c1-25-12-10-19(29)14-17(25)8-9-20-21-11-13-27(32,26(21,2)15-22(30)24(20)25)23(31)16-28-18-6-4-3-5-7-18/h10,12,14,16,18,20-21,24,32H,3-9,11,13,15H2,1-2H3/t20-,21-,24+,25-,26-,27?/m0/s1. The topological polar surface area (TPSA) is 83.8 Å². The van der Waals surface area contributed by atoms with Crippen molar-refractivity contribution in [3.8, 4) is 0 Å². The molecular weight excluding hydrogens is 402 g/mol. The Morgan fingerprint density at radius 1 is 1.12 bits per heavy atom. The first-order valence-corrected chi connectivity index (χ1v) is 12.5. The van der Waals surface area contributed by atoms with E-state index >= 15 is 0 Å². The number of hydrogen-bond donors (Lipinski definition) is 1. The quantitative estimate of drug-likeness (QED) is 0.672. The number of rotatable bonds is 3. The van der Waals surface area contributed by atoms with Gasteiger partial charge >= 0.3 is 0 Å². The predicted octanol–water partition coefficient (Wildman–Crippen LogP) is 4.18. The molecule has 0 aliphatic heterocycles. The number of carbonyl (C=O) groups is 3. The van der Waals surface area contributed by atoms with Crippen LogP contribution in [0.1, 0.15) is 78.1 Å². The second kappa shape index (κ2) is 7.58. The highest BCUT2D eigenvalue weighted by Crippen LogP contribution is 2.66. The van der Waals surface area contributed by atoms with Crippen LogP contribution in [0.2, 0.25) is 0 Å². The van der Waals surface area contributed by atoms with Gasteiger partial charge in [0.15, 0.2) is 5.78 Å². The third-order valence-corrected chi connectivity index (χ3v) is 9.79. The SMILES string of the molecule is C[C@]12C=CC(=O)C=C1CC[C@@H]1[C@@H]2C(=O)C[C@@]2(C)[C@H]1CCC2(O)C(=O)C=NC1CCCCC1. The molecule has 1 N–H and O–H groups in total. The van der Waals surface area contributed by atoms with E-state index in [1.54, 1.807) is 12.2 Å². The number of allylic oxidation sites excluding steroid dienone is 4. The van der Waals surface area contributed by atoms with Crippen LogP contribution in [0.25, 0.3) is 0 Å². The zero-order valence-electron chi connectivity index (χ0n) is 19.3. The summed E-state index contributed by atoms with van der Waals surface area (Å²) < 4.78 is 0. The Morgan fingerprint density at radius 3 is 2.62 bits per heavy atom. The lowest BCUT2D eigenvalue weighted by Crippen LogP contribution is -2.60. The largest absolute Gasteiger partial charge is 0.381 e. The van der Waals surface area contributed by atoms with Gasteiger partial charge in [0.25, 0.3) is 0 Å². The molecular formula is C27H35NO4. The number of hydrogen-bond acceptors (Lipinski definition) is 5. The van der Waals surface area contributed by atoms with Crippen molar-refractivity contribution in [3.05, 3.63) is 23.8 Å². The minimum Gasteiger partial charge on any atom is -0.381 e. The van der Waals surface area contributed by atoms with Gasteiger partial charge in [0.1, 0.15) is 11.4 Å². The molecule has 0 radical (unpaired) electrons. The van der Waals surface area contributed by atoms with Gasteiger partial charge in [-0.3, -0.25) is 19.4 Å². The molecule has 6 atom stereocenters. The van der Waals surface area contributed by atoms with Gasteiger partial charge in [-0.25, -0.2) is 0 Å². The molecule has 0 aromatic carbocycles. The van der Waals surface area contributed by atoms with Crippen LogP contribution in [-0.4, -0.2) is 40.3 Å². The van der Waals surface area contributed by atoms with E-state index in [0.717, 1.165) is 50.5 Å². The van der Waals surface area contributed by atoms with Gasteiger partial charge in [-0.15, -0.1) is 0 Å². The first-order chi connectivity index (χ1) is 15.2. The van der Waals surface area contributed by atoms with Crippen LogP contribution in [0.5, 0.6) is 0 Å². The van der Waals surface area contributed by atoms with Crippen LogP contribution < -0.4 is 0 Å². The Hall–Kier alpha value is -1.88. The number of aliphatic imine (C=N–C) groups is 1. The highest BCUT2D eigenvalue weighted by molar-refractivity contribution is 6.31. The lowest BCUT2D eigenvalue weighted by molar-refractivity contribution is -0.162. The number of ketones is 3. The van der Waals surface area contributed by atoms with Crippen molar-refractivity contribution in [2.75, 3.05) is 0 Å². The van der Waals surface area contributed by atoms with Crippen LogP contribution in [-0.2, 0) is 14.4 Å². The number of Topliss-reactive ketones (excluding diaryl/α,β-unsaturated/α-hetero) is 2. The summed E-state index contributed by atoms with van der Waals surface area (Å²) in [6.45, 7) is 4.04. The van der Waals surface area contributed by atoms with Crippen LogP contribution in [0.3, 0.4) is 0 Å². The number of carbonyl (C=O) groups excluding carboxylic acids is 3. The van der Waals surface area contributed by atoms with Crippen LogP contribution in [0.4, 0.5) is 0 Å². The van der Waals surface area contributed by atoms with Gasteiger partial charge in [-0.2, -0.15) is 0 Å². The Labute approximate surface area is 190 Å². The van der Waals surface area contributed by atoms with E-state index in [1.165, 1.54) is 12.6 Å². The first-order valence-electron chi connectivity index (χ1n) is 12.5. The molecule has 5 aliphatic carbocycles. The average Bonchev–Trinajstić information content (AvgIpc) is 3.04. The van der Waals surface area contributed by atoms with E-state index in [4.69, 9.17) is 0 Å². The Balaban J connectivity index is 1.42. The molecule has 0 heterocycles. The maximum Gasteiger partial charge on any atom is 0.205 e. The van der Waals surface area contributed by atoms with E-state index in [1.807, 2.05) is 13.0 Å². The number of aliphatic hydroxyl groups is 1. The summed E-state index contributed by atoms with van der Waals surface area (Å²) >= 11 is 0. The van der Waals surface area contributed by atoms with E-state index in [2.05, 4.69) is 11.9 Å². The third kappa shape index (κ3) is 3.07. The third-order valence-electron chi connectivity index (χ3n) is 9.79. The molecule has 5 nitrogen and oxygen atoms in total. The normalized spacial score (nSPS) is 44.2. The number of nitrogens with zero attached hydrogens (tertiary/aromatic N) is 1. The molecule has 5 aliphatic rings. The van der Waals surface area contributed by atoms with Crippen molar-refractivity contribution in [2.24, 2.45) is 33.6 Å². The molecule has 4 saturated carbocycles. The molecule has 5 rings (SSSR count). The molecule has 0 bridgehead atoms. The van der Waals surface area contributed by atoms with Crippen molar-refractivity contribution < 1.29 is 19.5 Å². The molecule has 5 heteroatoms. The molecule has 1 unspecified atom stereocenters. The second-order valence-corrected chi connectivity index (χ2v) is 11.4. The van der Waals surface area contributed by atoms with E-state index in [9.17, 15) is 19.5 Å². The Kier molecular flexibility index (Phi) is 5.20. The molecule has 32 heavy (non-hydrogen) atoms. The molecule has 0 saturated heterocycles. The lowest BCUT2D eigenvalue weighted by atomic mass is 9.46. The van der Waals surface area contributed by atoms with E-state index < -0.39 is 16.4 Å². The summed E-state index contributed by atoms with van der Waals surface area (Å²) in [5.74, 6) is -0.131. The maximum atomic E-state index is 13.6. The van der Waals surface area contributed by atoms with Crippen LogP contribution >= 0.6 is 0 Å². The van der Waals surface area contributed by atoms with E-state index in [0.29, 0.717) is 6.42 Å². The molecule has 4 fully saturated rings. The number of fused-ring (bicyclic) bond motifs is 5. The molecule has 0 aromatic heterocycles. The van der Waals surface area contributed by atoms with Gasteiger partial charge in [-0.05, 0) is 62.5 Å². The summed E-state index contributed by atoms with van der Waals surface area (Å²) in [6, 6.07) is 0.183. The maximum absolute atomic E-state index is 13.6. The summed E-state index contributed by atoms with van der Waals surface area (Å²) in [6.07, 6.45) is 15.2. The summed E-state index contributed by atoms with van der Waals surface area (Å²) in [7, 11) is 0. The summed E-state index contributed by atoms with van der Waals surface area (Å²) in [5.41, 5.74) is -1.65. The molecule has 0 amide bonds. The minimum absolute atomic E-state index is 0.00196. The van der Waals surface area contributed by atoms with Gasteiger partial charge in [-0.1, -0.05) is 44.8 Å². The van der Waals surface area contributed by atoms with Crippen molar-refractivity contribution in [2.45, 2.75) is 89.7 Å². The Bertz CT molecular complexity index is 941. The highest BCUT2D eigenvalue weighted by atomic mass is 16.3. The van der Waals surface area contributed by atoms with Gasteiger partial charge in [0, 0.05) is 23.2 Å². The Morgan fingerprint density at radius 2 is 1.88 bits per heavy atom. The van der Waals surface area contributed by atoms with Crippen molar-refractivity contribution >= 4 is 23.6 Å². The fourth-order valence-electron chi connectivity index (χ4n) is 7.95. The van der Waals surface area contributed by atoms with Gasteiger partial charge in [0.2, 0.25) is 5.78 Å². The fraction of sp³-hybridized carbons (Fsp3) is 0.704. The van der Waals surface area contributed by atoms with Crippen molar-refractivity contribution in [1.29, 1.82) is 0 Å². The first kappa shape index (κ1) is 21.9. The molecule has 0 spiro atoms. The van der Waals surface area contributed by atoms with Crippen molar-refractivity contribution in [1.82, 2.24) is 0 Å². The predicted molar refractivity (Wildman–Crippen MR) is 122 cm³/mol. The molecule has 0 aromatic rings. The lowest BCUT2D eigenvalue weighted by Gasteiger charge is -2.56. The monoisotopic (exact) mass is 437 g/mol. The average molecular weight is 438 g/mol. The highest BCUT2D eigenvalue weighted by Gasteiger charge is 2.68. The zero-order valence-corrected chi connectivity index (χ0v) is 19.3. The van der Waals surface area contributed by atoms with Gasteiger partial charge in [0.05, 0.1) is 12.3 Å². The van der Waals surface area contributed by atoms with Crippen LogP contribution in [0, 0.1) is 28.6 Å². The minimum atomic E-state index is -1.52. The summed E-state index contributed by atoms with van der Waals surface area (Å²) in [4.78, 5) is 43.4. The smallest absolute Gasteiger partial charge is 0.205 e. The van der Waals surface area contributed by atoms with E-state index in [-0.39, 0.29) is 47.6 Å². The zero-order chi connectivity index (χ0) is 22.7.